The zero-order valence-electron chi connectivity index (χ0n) is 13.2. The van der Waals surface area contributed by atoms with Gasteiger partial charge in [-0.2, -0.15) is 13.2 Å². The highest BCUT2D eigenvalue weighted by molar-refractivity contribution is 5.94. The van der Waals surface area contributed by atoms with Gasteiger partial charge in [0.1, 0.15) is 0 Å². The largest absolute Gasteiger partial charge is 0.416 e. The molecule has 0 bridgehead atoms. The molecule has 0 spiro atoms. The van der Waals surface area contributed by atoms with Crippen molar-refractivity contribution >= 4 is 5.91 Å². The molecule has 0 unspecified atom stereocenters. The SMILES string of the molecule is O=C(c1ccc(C(F)(F)F)cc1)N1CCC(O[C@@H]2CCOC2)CC1. The molecule has 1 amide bonds. The molecule has 24 heavy (non-hydrogen) atoms. The maximum absolute atomic E-state index is 12.6. The van der Waals surface area contributed by atoms with Gasteiger partial charge in [0.05, 0.1) is 24.4 Å². The Labute approximate surface area is 138 Å². The van der Waals surface area contributed by atoms with Crippen molar-refractivity contribution in [3.8, 4) is 0 Å². The fourth-order valence-corrected chi connectivity index (χ4v) is 3.07. The first-order valence-electron chi connectivity index (χ1n) is 8.13. The first kappa shape index (κ1) is 17.2. The molecule has 0 N–H and O–H groups in total. The Hall–Kier alpha value is -1.60. The minimum Gasteiger partial charge on any atom is -0.379 e. The van der Waals surface area contributed by atoms with Gasteiger partial charge in [-0.25, -0.2) is 0 Å². The van der Waals surface area contributed by atoms with Crippen molar-refractivity contribution in [2.75, 3.05) is 26.3 Å². The lowest BCUT2D eigenvalue weighted by Crippen LogP contribution is -2.41. The van der Waals surface area contributed by atoms with E-state index in [9.17, 15) is 18.0 Å². The first-order chi connectivity index (χ1) is 11.4. The van der Waals surface area contributed by atoms with Crippen molar-refractivity contribution in [1.82, 2.24) is 4.90 Å². The van der Waals surface area contributed by atoms with Crippen molar-refractivity contribution in [2.45, 2.75) is 37.6 Å². The van der Waals surface area contributed by atoms with E-state index in [4.69, 9.17) is 9.47 Å². The van der Waals surface area contributed by atoms with Crippen LogP contribution in [0.5, 0.6) is 0 Å². The van der Waals surface area contributed by atoms with Crippen molar-refractivity contribution in [3.05, 3.63) is 35.4 Å². The Kier molecular flexibility index (Phi) is 5.10. The molecule has 0 radical (unpaired) electrons. The predicted octanol–water partition coefficient (Wildman–Crippen LogP) is 3.12. The fourth-order valence-electron chi connectivity index (χ4n) is 3.07. The van der Waals surface area contributed by atoms with E-state index in [1.54, 1.807) is 4.90 Å². The zero-order chi connectivity index (χ0) is 17.2. The summed E-state index contributed by atoms with van der Waals surface area (Å²) in [6, 6.07) is 4.37. The minimum absolute atomic E-state index is 0.119. The first-order valence-corrected chi connectivity index (χ1v) is 8.13. The maximum atomic E-state index is 12.6. The number of hydrogen-bond acceptors (Lipinski definition) is 3. The van der Waals surface area contributed by atoms with Gasteiger partial charge in [0.15, 0.2) is 0 Å². The number of carbonyl (C=O) groups is 1. The van der Waals surface area contributed by atoms with Crippen LogP contribution in [0.4, 0.5) is 13.2 Å². The van der Waals surface area contributed by atoms with Gasteiger partial charge in [-0.05, 0) is 43.5 Å². The quantitative estimate of drug-likeness (QED) is 0.846. The molecule has 132 valence electrons. The van der Waals surface area contributed by atoms with E-state index < -0.39 is 11.7 Å². The summed E-state index contributed by atoms with van der Waals surface area (Å²) < 4.78 is 48.9. The van der Waals surface area contributed by atoms with Gasteiger partial charge in [0, 0.05) is 25.3 Å². The number of piperidine rings is 1. The summed E-state index contributed by atoms with van der Waals surface area (Å²) in [6.45, 7) is 2.47. The van der Waals surface area contributed by atoms with Crippen LogP contribution in [0, 0.1) is 0 Å². The van der Waals surface area contributed by atoms with Gasteiger partial charge in [-0.1, -0.05) is 0 Å². The lowest BCUT2D eigenvalue weighted by molar-refractivity contribution is -0.137. The molecule has 3 rings (SSSR count). The van der Waals surface area contributed by atoms with E-state index in [-0.39, 0.29) is 23.7 Å². The molecular weight excluding hydrogens is 323 g/mol. The third-order valence-corrected chi connectivity index (χ3v) is 4.46. The number of benzene rings is 1. The van der Waals surface area contributed by atoms with Crippen LogP contribution < -0.4 is 0 Å². The Balaban J connectivity index is 1.53. The number of likely N-dealkylation sites (tertiary alicyclic amines) is 1. The van der Waals surface area contributed by atoms with Crippen LogP contribution in [0.15, 0.2) is 24.3 Å². The molecule has 0 aromatic heterocycles. The van der Waals surface area contributed by atoms with Crippen molar-refractivity contribution < 1.29 is 27.4 Å². The van der Waals surface area contributed by atoms with Gasteiger partial charge in [0.2, 0.25) is 0 Å². The summed E-state index contributed by atoms with van der Waals surface area (Å²) >= 11 is 0. The molecule has 4 nitrogen and oxygen atoms in total. The molecule has 2 saturated heterocycles. The van der Waals surface area contributed by atoms with E-state index in [0.717, 1.165) is 38.0 Å². The molecule has 0 aliphatic carbocycles. The molecule has 2 fully saturated rings. The van der Waals surface area contributed by atoms with Crippen LogP contribution in [-0.4, -0.2) is 49.3 Å². The number of amides is 1. The molecule has 1 atom stereocenters. The number of carbonyl (C=O) groups excluding carboxylic acids is 1. The number of ether oxygens (including phenoxy) is 2. The van der Waals surface area contributed by atoms with Gasteiger partial charge < -0.3 is 14.4 Å². The average Bonchev–Trinajstić information content (AvgIpc) is 3.07. The smallest absolute Gasteiger partial charge is 0.379 e. The standard InChI is InChI=1S/C17H20F3NO3/c18-17(19,20)13-3-1-12(2-4-13)16(22)21-8-5-14(6-9-21)24-15-7-10-23-11-15/h1-4,14-15H,5-11H2/t15-/m1/s1. The highest BCUT2D eigenvalue weighted by Crippen LogP contribution is 2.29. The van der Waals surface area contributed by atoms with Crippen LogP contribution in [0.25, 0.3) is 0 Å². The van der Waals surface area contributed by atoms with Gasteiger partial charge >= 0.3 is 6.18 Å². The Morgan fingerprint density at radius 1 is 1.08 bits per heavy atom. The summed E-state index contributed by atoms with van der Waals surface area (Å²) in [5.74, 6) is -0.230. The molecule has 2 aliphatic rings. The maximum Gasteiger partial charge on any atom is 0.416 e. The number of nitrogens with zero attached hydrogens (tertiary/aromatic N) is 1. The molecule has 2 heterocycles. The fraction of sp³-hybridized carbons (Fsp3) is 0.588. The predicted molar refractivity (Wildman–Crippen MR) is 80.7 cm³/mol. The molecule has 0 saturated carbocycles. The summed E-state index contributed by atoms with van der Waals surface area (Å²) in [5.41, 5.74) is -0.462. The second-order valence-corrected chi connectivity index (χ2v) is 6.19. The van der Waals surface area contributed by atoms with Crippen molar-refractivity contribution in [2.24, 2.45) is 0 Å². The Morgan fingerprint density at radius 2 is 1.75 bits per heavy atom. The van der Waals surface area contributed by atoms with Gasteiger partial charge in [-0.15, -0.1) is 0 Å². The van der Waals surface area contributed by atoms with E-state index in [1.165, 1.54) is 12.1 Å². The summed E-state index contributed by atoms with van der Waals surface area (Å²) in [5, 5.41) is 0. The van der Waals surface area contributed by atoms with Gasteiger partial charge in [-0.3, -0.25) is 4.79 Å². The normalized spacial score (nSPS) is 22.8. The Morgan fingerprint density at radius 3 is 2.29 bits per heavy atom. The van der Waals surface area contributed by atoms with Crippen LogP contribution in [-0.2, 0) is 15.7 Å². The molecule has 7 heteroatoms. The lowest BCUT2D eigenvalue weighted by Gasteiger charge is -2.33. The highest BCUT2D eigenvalue weighted by Gasteiger charge is 2.31. The summed E-state index contributed by atoms with van der Waals surface area (Å²) in [6.07, 6.45) is -1.74. The van der Waals surface area contributed by atoms with E-state index >= 15 is 0 Å². The third kappa shape index (κ3) is 4.08. The van der Waals surface area contributed by atoms with Crippen molar-refractivity contribution in [3.63, 3.8) is 0 Å². The van der Waals surface area contributed by atoms with Crippen molar-refractivity contribution in [1.29, 1.82) is 0 Å². The van der Waals surface area contributed by atoms with Crippen LogP contribution in [0.1, 0.15) is 35.2 Å². The van der Waals surface area contributed by atoms with E-state index in [1.807, 2.05) is 0 Å². The van der Waals surface area contributed by atoms with Gasteiger partial charge in [0.25, 0.3) is 5.91 Å². The second-order valence-electron chi connectivity index (χ2n) is 6.19. The van der Waals surface area contributed by atoms with Crippen LogP contribution in [0.3, 0.4) is 0 Å². The van der Waals surface area contributed by atoms with E-state index in [2.05, 4.69) is 0 Å². The highest BCUT2D eigenvalue weighted by atomic mass is 19.4. The minimum atomic E-state index is -4.39. The summed E-state index contributed by atoms with van der Waals surface area (Å²) in [7, 11) is 0. The van der Waals surface area contributed by atoms with E-state index in [0.29, 0.717) is 19.7 Å². The summed E-state index contributed by atoms with van der Waals surface area (Å²) in [4.78, 5) is 14.1. The third-order valence-electron chi connectivity index (χ3n) is 4.46. The van der Waals surface area contributed by atoms with Crippen LogP contribution in [0.2, 0.25) is 0 Å². The molecule has 1 aromatic carbocycles. The zero-order valence-corrected chi connectivity index (χ0v) is 13.2. The number of rotatable bonds is 3. The molecule has 1 aromatic rings. The van der Waals surface area contributed by atoms with Crippen LogP contribution >= 0.6 is 0 Å². The molecular formula is C17H20F3NO3. The Bertz CT molecular complexity index is 559. The lowest BCUT2D eigenvalue weighted by atomic mass is 10.0. The number of halogens is 3. The topological polar surface area (TPSA) is 38.8 Å². The average molecular weight is 343 g/mol. The monoisotopic (exact) mass is 343 g/mol. The number of hydrogen-bond donors (Lipinski definition) is 0. The molecule has 2 aliphatic heterocycles. The second kappa shape index (κ2) is 7.11. The number of alkyl halides is 3.